The number of hydrogen-bond donors (Lipinski definition) is 0. The minimum Gasteiger partial charge on any atom is -0.497 e. The lowest BCUT2D eigenvalue weighted by molar-refractivity contribution is 0.0914. The SMILES string of the molecule is COc1cc(C(=O)CCC(=O)c2ccc(OC)c(OC)c2)nc(-c2csc3c(F)cccc23)c1. The molecule has 8 heteroatoms. The second-order valence-corrected chi connectivity index (χ2v) is 8.34. The summed E-state index contributed by atoms with van der Waals surface area (Å²) < 4.78 is 30.5. The molecule has 34 heavy (non-hydrogen) atoms. The zero-order valence-electron chi connectivity index (χ0n) is 18.9. The van der Waals surface area contributed by atoms with Gasteiger partial charge in [0.2, 0.25) is 0 Å². The van der Waals surface area contributed by atoms with Gasteiger partial charge >= 0.3 is 0 Å². The quantitative estimate of drug-likeness (QED) is 0.275. The van der Waals surface area contributed by atoms with Crippen LogP contribution in [0.3, 0.4) is 0 Å². The maximum Gasteiger partial charge on any atom is 0.181 e. The van der Waals surface area contributed by atoms with E-state index in [1.54, 1.807) is 36.4 Å². The summed E-state index contributed by atoms with van der Waals surface area (Å²) in [5.41, 5.74) is 1.83. The molecule has 2 aromatic carbocycles. The molecule has 0 bridgehead atoms. The fourth-order valence-corrected chi connectivity index (χ4v) is 4.60. The zero-order valence-corrected chi connectivity index (χ0v) is 19.7. The topological polar surface area (TPSA) is 74.7 Å². The number of pyridine rings is 1. The molecule has 6 nitrogen and oxygen atoms in total. The molecule has 0 spiro atoms. The van der Waals surface area contributed by atoms with Gasteiger partial charge in [-0.3, -0.25) is 9.59 Å². The van der Waals surface area contributed by atoms with E-state index in [0.29, 0.717) is 44.2 Å². The van der Waals surface area contributed by atoms with Crippen molar-refractivity contribution in [3.8, 4) is 28.5 Å². The number of ether oxygens (including phenoxy) is 3. The molecule has 0 saturated heterocycles. The lowest BCUT2D eigenvalue weighted by Gasteiger charge is -2.09. The minimum absolute atomic E-state index is 0.00906. The summed E-state index contributed by atoms with van der Waals surface area (Å²) in [6, 6.07) is 13.0. The van der Waals surface area contributed by atoms with Crippen molar-refractivity contribution in [2.45, 2.75) is 12.8 Å². The number of thiophene rings is 1. The number of carbonyl (C=O) groups excluding carboxylic acids is 2. The van der Waals surface area contributed by atoms with Gasteiger partial charge < -0.3 is 14.2 Å². The summed E-state index contributed by atoms with van der Waals surface area (Å²) in [6.07, 6.45) is -0.0130. The molecule has 2 heterocycles. The first-order valence-corrected chi connectivity index (χ1v) is 11.3. The molecule has 2 aromatic heterocycles. The molecule has 0 atom stereocenters. The second kappa shape index (κ2) is 10.0. The van der Waals surface area contributed by atoms with E-state index in [9.17, 15) is 14.0 Å². The molecule has 0 N–H and O–H groups in total. The number of hydrogen-bond acceptors (Lipinski definition) is 7. The fourth-order valence-electron chi connectivity index (χ4n) is 3.63. The van der Waals surface area contributed by atoms with Gasteiger partial charge in [-0.15, -0.1) is 11.3 Å². The third kappa shape index (κ3) is 4.63. The number of aromatic nitrogens is 1. The van der Waals surface area contributed by atoms with Crippen LogP contribution >= 0.6 is 11.3 Å². The third-order valence-electron chi connectivity index (χ3n) is 5.43. The van der Waals surface area contributed by atoms with E-state index in [0.717, 1.165) is 0 Å². The van der Waals surface area contributed by atoms with Gasteiger partial charge in [-0.05, 0) is 24.3 Å². The third-order valence-corrected chi connectivity index (χ3v) is 6.44. The van der Waals surface area contributed by atoms with Crippen LogP contribution in [0.2, 0.25) is 0 Å². The summed E-state index contributed by atoms with van der Waals surface area (Å²) in [7, 11) is 4.51. The van der Waals surface area contributed by atoms with Crippen LogP contribution in [0.4, 0.5) is 4.39 Å². The molecule has 0 aliphatic rings. The van der Waals surface area contributed by atoms with E-state index < -0.39 is 0 Å². The van der Waals surface area contributed by atoms with Crippen LogP contribution in [-0.4, -0.2) is 37.9 Å². The van der Waals surface area contributed by atoms with Crippen LogP contribution in [0.15, 0.2) is 53.9 Å². The Morgan fingerprint density at radius 3 is 2.41 bits per heavy atom. The van der Waals surface area contributed by atoms with E-state index >= 15 is 0 Å². The van der Waals surface area contributed by atoms with Gasteiger partial charge in [0.25, 0.3) is 0 Å². The van der Waals surface area contributed by atoms with Gasteiger partial charge in [-0.1, -0.05) is 12.1 Å². The number of ketones is 2. The summed E-state index contributed by atoms with van der Waals surface area (Å²) in [5, 5.41) is 2.53. The molecule has 4 rings (SSSR count). The Hall–Kier alpha value is -3.78. The Morgan fingerprint density at radius 2 is 1.68 bits per heavy atom. The lowest BCUT2D eigenvalue weighted by Crippen LogP contribution is -2.08. The van der Waals surface area contributed by atoms with Gasteiger partial charge in [-0.25, -0.2) is 9.37 Å². The minimum atomic E-state index is -0.304. The number of benzene rings is 2. The van der Waals surface area contributed by atoms with Gasteiger partial charge in [0, 0.05) is 46.9 Å². The smallest absolute Gasteiger partial charge is 0.181 e. The Bertz CT molecular complexity index is 1380. The predicted octanol–water partition coefficient (Wildman–Crippen LogP) is 5.97. The van der Waals surface area contributed by atoms with E-state index in [2.05, 4.69) is 4.98 Å². The molecule has 174 valence electrons. The van der Waals surface area contributed by atoms with Crippen molar-refractivity contribution in [1.29, 1.82) is 0 Å². The van der Waals surface area contributed by atoms with Crippen molar-refractivity contribution in [1.82, 2.24) is 4.98 Å². The first-order valence-electron chi connectivity index (χ1n) is 10.5. The van der Waals surface area contributed by atoms with Crippen molar-refractivity contribution < 1.29 is 28.2 Å². The maximum atomic E-state index is 14.1. The Labute approximate surface area is 199 Å². The maximum absolute atomic E-state index is 14.1. The number of nitrogens with zero attached hydrogens (tertiary/aromatic N) is 1. The van der Waals surface area contributed by atoms with Crippen LogP contribution in [0.1, 0.15) is 33.7 Å². The molecule has 0 amide bonds. The van der Waals surface area contributed by atoms with Gasteiger partial charge in [0.05, 0.1) is 31.7 Å². The van der Waals surface area contributed by atoms with Gasteiger partial charge in [0.15, 0.2) is 23.1 Å². The predicted molar refractivity (Wildman–Crippen MR) is 129 cm³/mol. The van der Waals surface area contributed by atoms with Gasteiger partial charge in [-0.2, -0.15) is 0 Å². The number of halogens is 1. The van der Waals surface area contributed by atoms with Crippen molar-refractivity contribution >= 4 is 33.0 Å². The molecule has 0 radical (unpaired) electrons. The summed E-state index contributed by atoms with van der Waals surface area (Å²) >= 11 is 1.28. The van der Waals surface area contributed by atoms with Crippen LogP contribution in [0.25, 0.3) is 21.3 Å². The fraction of sp³-hybridized carbons (Fsp3) is 0.192. The lowest BCUT2D eigenvalue weighted by atomic mass is 10.0. The number of carbonyl (C=O) groups is 2. The van der Waals surface area contributed by atoms with Crippen molar-refractivity contribution in [2.24, 2.45) is 0 Å². The molecule has 0 unspecified atom stereocenters. The number of rotatable bonds is 9. The first-order chi connectivity index (χ1) is 16.4. The number of methoxy groups -OCH3 is 3. The average molecular weight is 480 g/mol. The molecular formula is C26H22FNO5S. The highest BCUT2D eigenvalue weighted by Crippen LogP contribution is 2.36. The molecule has 0 saturated carbocycles. The highest BCUT2D eigenvalue weighted by Gasteiger charge is 2.18. The van der Waals surface area contributed by atoms with E-state index in [1.807, 2.05) is 11.4 Å². The van der Waals surface area contributed by atoms with E-state index in [1.165, 1.54) is 38.7 Å². The molecular weight excluding hydrogens is 457 g/mol. The zero-order chi connectivity index (χ0) is 24.2. The summed E-state index contributed by atoms with van der Waals surface area (Å²) in [6.45, 7) is 0. The monoisotopic (exact) mass is 479 g/mol. The van der Waals surface area contributed by atoms with Gasteiger partial charge in [0.1, 0.15) is 17.3 Å². The van der Waals surface area contributed by atoms with E-state index in [4.69, 9.17) is 14.2 Å². The standard InChI is InChI=1S/C26H22FNO5S/c1-31-16-12-20(18-14-34-26-17(18)5-4-6-19(26)27)28-21(13-16)23(30)9-8-22(29)15-7-10-24(32-2)25(11-15)33-3/h4-7,10-14H,8-9H2,1-3H3. The second-order valence-electron chi connectivity index (χ2n) is 7.46. The Morgan fingerprint density at radius 1 is 0.912 bits per heavy atom. The highest BCUT2D eigenvalue weighted by atomic mass is 32.1. The van der Waals surface area contributed by atoms with Crippen molar-refractivity contribution in [3.05, 3.63) is 71.0 Å². The number of Topliss-reactive ketones (excluding diaryl/α,β-unsaturated/α-hetero) is 2. The summed E-state index contributed by atoms with van der Waals surface area (Å²) in [5.74, 6) is 0.621. The summed E-state index contributed by atoms with van der Waals surface area (Å²) in [4.78, 5) is 30.1. The van der Waals surface area contributed by atoms with Crippen LogP contribution in [-0.2, 0) is 0 Å². The molecule has 0 aliphatic carbocycles. The Kier molecular flexibility index (Phi) is 6.88. The highest BCUT2D eigenvalue weighted by molar-refractivity contribution is 7.17. The molecule has 0 aliphatic heterocycles. The van der Waals surface area contributed by atoms with Crippen molar-refractivity contribution in [3.63, 3.8) is 0 Å². The largest absolute Gasteiger partial charge is 0.497 e. The Balaban J connectivity index is 1.57. The first kappa shape index (κ1) is 23.4. The van der Waals surface area contributed by atoms with Crippen molar-refractivity contribution in [2.75, 3.05) is 21.3 Å². The molecule has 4 aromatic rings. The number of fused-ring (bicyclic) bond motifs is 1. The van der Waals surface area contributed by atoms with E-state index in [-0.39, 0.29) is 35.9 Å². The normalized spacial score (nSPS) is 10.8. The van der Waals surface area contributed by atoms with Crippen LogP contribution in [0.5, 0.6) is 17.2 Å². The molecule has 0 fully saturated rings. The van der Waals surface area contributed by atoms with Crippen LogP contribution in [0, 0.1) is 5.82 Å². The van der Waals surface area contributed by atoms with Crippen LogP contribution < -0.4 is 14.2 Å². The average Bonchev–Trinajstić information content (AvgIpc) is 3.31.